The van der Waals surface area contributed by atoms with Crippen LogP contribution in [-0.4, -0.2) is 47.8 Å². The number of aliphatic hydroxyl groups excluding tert-OH is 1. The van der Waals surface area contributed by atoms with E-state index in [-0.39, 0.29) is 0 Å². The molecule has 98 valence electrons. The van der Waals surface area contributed by atoms with Crippen LogP contribution < -0.4 is 0 Å². The van der Waals surface area contributed by atoms with Gasteiger partial charge in [0.2, 0.25) is 0 Å². The molecule has 1 aliphatic rings. The van der Waals surface area contributed by atoms with Gasteiger partial charge in [0.25, 0.3) is 0 Å². The van der Waals surface area contributed by atoms with Gasteiger partial charge in [0, 0.05) is 13.8 Å². The van der Waals surface area contributed by atoms with Gasteiger partial charge in [-0.15, -0.1) is 0 Å². The van der Waals surface area contributed by atoms with Gasteiger partial charge in [-0.3, -0.25) is 9.59 Å². The van der Waals surface area contributed by atoms with Crippen LogP contribution in [0, 0.1) is 0 Å². The van der Waals surface area contributed by atoms with Gasteiger partial charge in [0.15, 0.2) is 24.7 Å². The average Bonchev–Trinajstić information content (AvgIpc) is 2.19. The van der Waals surface area contributed by atoms with Crippen LogP contribution in [-0.2, 0) is 23.8 Å². The Balaban J connectivity index is 2.86. The second-order valence-corrected chi connectivity index (χ2v) is 3.82. The summed E-state index contributed by atoms with van der Waals surface area (Å²) in [7, 11) is 0. The van der Waals surface area contributed by atoms with E-state index in [4.69, 9.17) is 14.2 Å². The van der Waals surface area contributed by atoms with E-state index in [0.717, 1.165) is 13.8 Å². The van der Waals surface area contributed by atoms with Gasteiger partial charge in [-0.1, -0.05) is 0 Å². The molecule has 0 bridgehead atoms. The lowest BCUT2D eigenvalue weighted by Crippen LogP contribution is -2.57. The molecular formula is C10H15FO6. The number of alkyl halides is 1. The Morgan fingerprint density at radius 3 is 2.12 bits per heavy atom. The van der Waals surface area contributed by atoms with Crippen LogP contribution in [0.4, 0.5) is 4.39 Å². The molecule has 0 aromatic rings. The zero-order valence-electron chi connectivity index (χ0n) is 9.75. The van der Waals surface area contributed by atoms with Crippen molar-refractivity contribution in [2.24, 2.45) is 0 Å². The second-order valence-electron chi connectivity index (χ2n) is 3.82. The van der Waals surface area contributed by atoms with Crippen molar-refractivity contribution in [3.63, 3.8) is 0 Å². The minimum absolute atomic E-state index is 0.647. The molecule has 1 heterocycles. The summed E-state index contributed by atoms with van der Waals surface area (Å²) < 4.78 is 28.0. The Bertz CT molecular complexity index is 307. The van der Waals surface area contributed by atoms with Crippen LogP contribution in [0.1, 0.15) is 20.8 Å². The summed E-state index contributed by atoms with van der Waals surface area (Å²) in [4.78, 5) is 21.7. The van der Waals surface area contributed by atoms with Crippen molar-refractivity contribution < 1.29 is 33.3 Å². The van der Waals surface area contributed by atoms with Gasteiger partial charge in [0.05, 0.1) is 6.10 Å². The molecule has 1 saturated heterocycles. The molecule has 7 heteroatoms. The Morgan fingerprint density at radius 2 is 1.65 bits per heavy atom. The van der Waals surface area contributed by atoms with Gasteiger partial charge in [-0.05, 0) is 6.92 Å². The molecular weight excluding hydrogens is 235 g/mol. The van der Waals surface area contributed by atoms with Crippen LogP contribution in [0.3, 0.4) is 0 Å². The molecule has 1 aliphatic heterocycles. The van der Waals surface area contributed by atoms with Gasteiger partial charge in [-0.25, -0.2) is 4.39 Å². The predicted octanol–water partition coefficient (Wildman–Crippen LogP) is -0.0750. The highest BCUT2D eigenvalue weighted by atomic mass is 19.1. The molecule has 0 spiro atoms. The molecule has 1 N–H and O–H groups in total. The lowest BCUT2D eigenvalue weighted by molar-refractivity contribution is -0.269. The first kappa shape index (κ1) is 13.9. The number of aliphatic hydroxyl groups is 1. The molecule has 0 aromatic carbocycles. The summed E-state index contributed by atoms with van der Waals surface area (Å²) in [5.74, 6) is -1.37. The molecule has 1 unspecified atom stereocenters. The van der Waals surface area contributed by atoms with Crippen molar-refractivity contribution in [1.29, 1.82) is 0 Å². The number of halogens is 1. The monoisotopic (exact) mass is 250 g/mol. The maximum Gasteiger partial charge on any atom is 0.303 e. The first-order valence-electron chi connectivity index (χ1n) is 5.15. The van der Waals surface area contributed by atoms with Crippen LogP contribution in [0.15, 0.2) is 0 Å². The summed E-state index contributed by atoms with van der Waals surface area (Å²) in [6, 6.07) is 0. The van der Waals surface area contributed by atoms with Crippen LogP contribution in [0.25, 0.3) is 0 Å². The van der Waals surface area contributed by atoms with Crippen molar-refractivity contribution in [3.8, 4) is 0 Å². The number of hydrogen-bond acceptors (Lipinski definition) is 6. The van der Waals surface area contributed by atoms with Crippen molar-refractivity contribution in [3.05, 3.63) is 0 Å². The minimum Gasteiger partial charge on any atom is -0.456 e. The first-order valence-corrected chi connectivity index (χ1v) is 5.15. The van der Waals surface area contributed by atoms with E-state index in [2.05, 4.69) is 0 Å². The molecule has 0 radical (unpaired) electrons. The molecule has 0 amide bonds. The molecule has 17 heavy (non-hydrogen) atoms. The number of carbonyl (C=O) groups is 2. The van der Waals surface area contributed by atoms with Gasteiger partial charge in [-0.2, -0.15) is 0 Å². The topological polar surface area (TPSA) is 82.1 Å². The van der Waals surface area contributed by atoms with E-state index in [1.165, 1.54) is 6.92 Å². The Morgan fingerprint density at radius 1 is 1.18 bits per heavy atom. The summed E-state index contributed by atoms with van der Waals surface area (Å²) in [6.45, 7) is 3.74. The normalized spacial score (nSPS) is 37.4. The zero-order chi connectivity index (χ0) is 13.2. The average molecular weight is 250 g/mol. The highest BCUT2D eigenvalue weighted by molar-refractivity contribution is 5.67. The fraction of sp³-hybridized carbons (Fsp3) is 0.800. The molecule has 6 nitrogen and oxygen atoms in total. The second kappa shape index (κ2) is 5.42. The molecule has 0 saturated carbocycles. The van der Waals surface area contributed by atoms with Crippen molar-refractivity contribution in [2.75, 3.05) is 0 Å². The number of rotatable bonds is 2. The van der Waals surface area contributed by atoms with Gasteiger partial charge >= 0.3 is 11.9 Å². The SMILES string of the molecule is CC(=O)O[C@@H]1[C@H](OC(C)=O)[C@@H](C)OC(O)[C@H]1F. The third kappa shape index (κ3) is 3.37. The maximum atomic E-state index is 13.6. The standard InChI is InChI=1S/C10H15FO6/c1-4-8(16-5(2)12)9(17-6(3)13)7(11)10(14)15-4/h4,7-10,14H,1-3H3/t4-,7+,8-,9+,10?/m1/s1. The molecule has 1 rings (SSSR count). The van der Waals surface area contributed by atoms with Gasteiger partial charge < -0.3 is 19.3 Å². The van der Waals surface area contributed by atoms with E-state index in [9.17, 15) is 19.1 Å². The van der Waals surface area contributed by atoms with E-state index in [1.54, 1.807) is 0 Å². The van der Waals surface area contributed by atoms with E-state index in [1.807, 2.05) is 0 Å². The Kier molecular flexibility index (Phi) is 4.41. The van der Waals surface area contributed by atoms with Crippen molar-refractivity contribution in [2.45, 2.75) is 51.5 Å². The molecule has 1 fully saturated rings. The number of carbonyl (C=O) groups excluding carboxylic acids is 2. The number of ether oxygens (including phenoxy) is 3. The molecule has 0 aromatic heterocycles. The lowest BCUT2D eigenvalue weighted by Gasteiger charge is -2.39. The van der Waals surface area contributed by atoms with E-state index < -0.39 is 42.7 Å². The summed E-state index contributed by atoms with van der Waals surface area (Å²) in [6.07, 6.45) is -6.88. The van der Waals surface area contributed by atoms with Crippen LogP contribution in [0.2, 0.25) is 0 Å². The van der Waals surface area contributed by atoms with Crippen molar-refractivity contribution in [1.82, 2.24) is 0 Å². The first-order chi connectivity index (χ1) is 7.82. The summed E-state index contributed by atoms with van der Waals surface area (Å²) in [5, 5.41) is 9.25. The quantitative estimate of drug-likeness (QED) is 0.690. The van der Waals surface area contributed by atoms with Crippen LogP contribution in [0.5, 0.6) is 0 Å². The largest absolute Gasteiger partial charge is 0.456 e. The Labute approximate surface area is 97.6 Å². The predicted molar refractivity (Wildman–Crippen MR) is 52.6 cm³/mol. The smallest absolute Gasteiger partial charge is 0.303 e. The number of hydrogen-bond donors (Lipinski definition) is 1. The molecule has 5 atom stereocenters. The van der Waals surface area contributed by atoms with Gasteiger partial charge in [0.1, 0.15) is 0 Å². The third-order valence-corrected chi connectivity index (χ3v) is 2.33. The number of esters is 2. The third-order valence-electron chi connectivity index (χ3n) is 2.33. The molecule has 0 aliphatic carbocycles. The van der Waals surface area contributed by atoms with E-state index >= 15 is 0 Å². The zero-order valence-corrected chi connectivity index (χ0v) is 9.75. The summed E-state index contributed by atoms with van der Waals surface area (Å²) >= 11 is 0. The Hall–Kier alpha value is -1.21. The highest BCUT2D eigenvalue weighted by Gasteiger charge is 2.48. The summed E-state index contributed by atoms with van der Waals surface area (Å²) in [5.41, 5.74) is 0. The maximum absolute atomic E-state index is 13.6. The highest BCUT2D eigenvalue weighted by Crippen LogP contribution is 2.27. The minimum atomic E-state index is -1.96. The van der Waals surface area contributed by atoms with E-state index in [0.29, 0.717) is 0 Å². The fourth-order valence-electron chi connectivity index (χ4n) is 1.66. The fourth-order valence-corrected chi connectivity index (χ4v) is 1.66. The van der Waals surface area contributed by atoms with Crippen LogP contribution >= 0.6 is 0 Å². The van der Waals surface area contributed by atoms with Crippen molar-refractivity contribution >= 4 is 11.9 Å². The lowest BCUT2D eigenvalue weighted by atomic mass is 10.0.